The Bertz CT molecular complexity index is 428. The Labute approximate surface area is 109 Å². The zero-order chi connectivity index (χ0) is 12.5. The summed E-state index contributed by atoms with van der Waals surface area (Å²) in [4.78, 5) is 14.5. The molecule has 0 unspecified atom stereocenters. The lowest BCUT2D eigenvalue weighted by Gasteiger charge is -2.24. The van der Waals surface area contributed by atoms with Crippen molar-refractivity contribution >= 4 is 11.6 Å². The van der Waals surface area contributed by atoms with E-state index in [2.05, 4.69) is 0 Å². The first-order valence-electron chi connectivity index (χ1n) is 7.10. The maximum absolute atomic E-state index is 12.6. The van der Waals surface area contributed by atoms with Gasteiger partial charge < -0.3 is 4.90 Å². The van der Waals surface area contributed by atoms with Crippen LogP contribution in [-0.4, -0.2) is 13.0 Å². The molecule has 2 nitrogen and oxygen atoms in total. The molecule has 0 radical (unpaired) electrons. The molecule has 1 aromatic rings. The Kier molecular flexibility index (Phi) is 3.11. The van der Waals surface area contributed by atoms with Crippen molar-refractivity contribution < 1.29 is 4.79 Å². The van der Waals surface area contributed by atoms with Crippen LogP contribution >= 0.6 is 0 Å². The van der Waals surface area contributed by atoms with Crippen LogP contribution in [0, 0.1) is 17.8 Å². The molecule has 2 saturated carbocycles. The second kappa shape index (κ2) is 4.75. The number of nitrogens with zero attached hydrogens (tertiary/aromatic N) is 1. The van der Waals surface area contributed by atoms with Crippen molar-refractivity contribution in [3.8, 4) is 0 Å². The average molecular weight is 243 g/mol. The van der Waals surface area contributed by atoms with Crippen LogP contribution in [0.3, 0.4) is 0 Å². The molecule has 0 aromatic heterocycles. The molecule has 3 atom stereocenters. The number of anilines is 1. The Hall–Kier alpha value is -1.31. The Morgan fingerprint density at radius 3 is 2.67 bits per heavy atom. The fourth-order valence-corrected chi connectivity index (χ4v) is 3.90. The number of carbonyl (C=O) groups is 1. The highest BCUT2D eigenvalue weighted by Gasteiger charge is 2.43. The fraction of sp³-hybridized carbons (Fsp3) is 0.562. The van der Waals surface area contributed by atoms with E-state index in [-0.39, 0.29) is 5.92 Å². The lowest BCUT2D eigenvalue weighted by Crippen LogP contribution is -2.34. The van der Waals surface area contributed by atoms with Gasteiger partial charge in [0.15, 0.2) is 0 Å². The molecule has 2 heteroatoms. The van der Waals surface area contributed by atoms with Crippen LogP contribution in [0.15, 0.2) is 30.3 Å². The number of carbonyl (C=O) groups excluding carboxylic acids is 1. The predicted molar refractivity (Wildman–Crippen MR) is 73.4 cm³/mol. The van der Waals surface area contributed by atoms with Crippen molar-refractivity contribution in [2.75, 3.05) is 11.9 Å². The topological polar surface area (TPSA) is 20.3 Å². The molecule has 0 aliphatic heterocycles. The molecule has 0 N–H and O–H groups in total. The second-order valence-electron chi connectivity index (χ2n) is 5.77. The highest BCUT2D eigenvalue weighted by atomic mass is 16.2. The van der Waals surface area contributed by atoms with Gasteiger partial charge in [0, 0.05) is 18.7 Å². The van der Waals surface area contributed by atoms with E-state index in [0.717, 1.165) is 18.0 Å². The summed E-state index contributed by atoms with van der Waals surface area (Å²) in [6.45, 7) is 0. The molecule has 0 bridgehead atoms. The molecule has 0 spiro atoms. The summed E-state index contributed by atoms with van der Waals surface area (Å²) >= 11 is 0. The van der Waals surface area contributed by atoms with Gasteiger partial charge in [0.1, 0.15) is 0 Å². The van der Waals surface area contributed by atoms with Crippen LogP contribution in [0.1, 0.15) is 32.1 Å². The van der Waals surface area contributed by atoms with Gasteiger partial charge in [0.2, 0.25) is 5.91 Å². The van der Waals surface area contributed by atoms with Crippen LogP contribution in [-0.2, 0) is 4.79 Å². The van der Waals surface area contributed by atoms with E-state index >= 15 is 0 Å². The molecule has 18 heavy (non-hydrogen) atoms. The van der Waals surface area contributed by atoms with Crippen LogP contribution in [0.5, 0.6) is 0 Å². The Balaban J connectivity index is 1.75. The molecule has 1 amide bonds. The number of para-hydroxylation sites is 1. The number of hydrogen-bond acceptors (Lipinski definition) is 1. The highest BCUT2D eigenvalue weighted by Crippen LogP contribution is 2.48. The van der Waals surface area contributed by atoms with Gasteiger partial charge in [0.25, 0.3) is 0 Å². The molecular formula is C16H21NO. The third-order valence-electron chi connectivity index (χ3n) is 4.87. The minimum Gasteiger partial charge on any atom is -0.315 e. The van der Waals surface area contributed by atoms with E-state index in [1.807, 2.05) is 42.3 Å². The minimum absolute atomic E-state index is 0.280. The number of fused-ring (bicyclic) bond motifs is 1. The standard InChI is InChI=1S/C16H21NO/c1-17(13-7-3-2-4-8-13)16(18)15-11-10-12-6-5-9-14(12)15/h2-4,7-8,12,14-15H,5-6,9-11H2,1H3/t12-,14-,15-/m0/s1. The Morgan fingerprint density at radius 2 is 1.89 bits per heavy atom. The zero-order valence-electron chi connectivity index (χ0n) is 11.0. The van der Waals surface area contributed by atoms with Crippen molar-refractivity contribution in [3.63, 3.8) is 0 Å². The van der Waals surface area contributed by atoms with E-state index in [0.29, 0.717) is 11.8 Å². The number of hydrogen-bond donors (Lipinski definition) is 0. The Morgan fingerprint density at radius 1 is 1.11 bits per heavy atom. The molecule has 96 valence electrons. The minimum atomic E-state index is 0.280. The van der Waals surface area contributed by atoms with Crippen molar-refractivity contribution in [2.45, 2.75) is 32.1 Å². The molecule has 1 aromatic carbocycles. The zero-order valence-corrected chi connectivity index (χ0v) is 11.0. The van der Waals surface area contributed by atoms with Gasteiger partial charge in [-0.3, -0.25) is 4.79 Å². The van der Waals surface area contributed by atoms with E-state index in [1.165, 1.54) is 25.7 Å². The van der Waals surface area contributed by atoms with Gasteiger partial charge >= 0.3 is 0 Å². The highest BCUT2D eigenvalue weighted by molar-refractivity contribution is 5.94. The molecule has 2 aliphatic carbocycles. The molecule has 3 rings (SSSR count). The molecule has 2 aliphatic rings. The number of benzene rings is 1. The number of rotatable bonds is 2. The van der Waals surface area contributed by atoms with Crippen LogP contribution in [0.4, 0.5) is 5.69 Å². The van der Waals surface area contributed by atoms with E-state index in [9.17, 15) is 4.79 Å². The first-order valence-corrected chi connectivity index (χ1v) is 7.10. The molecule has 0 saturated heterocycles. The van der Waals surface area contributed by atoms with E-state index < -0.39 is 0 Å². The molecule has 2 fully saturated rings. The third-order valence-corrected chi connectivity index (χ3v) is 4.87. The van der Waals surface area contributed by atoms with Crippen LogP contribution in [0.2, 0.25) is 0 Å². The SMILES string of the molecule is CN(C(=O)[C@H]1CC[C@@H]2CCC[C@@H]21)c1ccccc1. The lowest BCUT2D eigenvalue weighted by atomic mass is 9.91. The van der Waals surface area contributed by atoms with Crippen molar-refractivity contribution in [1.29, 1.82) is 0 Å². The maximum Gasteiger partial charge on any atom is 0.230 e. The predicted octanol–water partition coefficient (Wildman–Crippen LogP) is 3.48. The summed E-state index contributed by atoms with van der Waals surface area (Å²) in [5.74, 6) is 2.12. The van der Waals surface area contributed by atoms with Gasteiger partial charge in [-0.2, -0.15) is 0 Å². The third kappa shape index (κ3) is 1.94. The van der Waals surface area contributed by atoms with E-state index in [1.54, 1.807) is 0 Å². The largest absolute Gasteiger partial charge is 0.315 e. The second-order valence-corrected chi connectivity index (χ2v) is 5.77. The first kappa shape index (κ1) is 11.8. The quantitative estimate of drug-likeness (QED) is 0.778. The summed E-state index contributed by atoms with van der Waals surface area (Å²) in [5.41, 5.74) is 1.02. The first-order chi connectivity index (χ1) is 8.77. The molecule has 0 heterocycles. The van der Waals surface area contributed by atoms with Crippen LogP contribution < -0.4 is 4.90 Å². The monoisotopic (exact) mass is 243 g/mol. The van der Waals surface area contributed by atoms with Gasteiger partial charge in [-0.15, -0.1) is 0 Å². The van der Waals surface area contributed by atoms with Crippen LogP contribution in [0.25, 0.3) is 0 Å². The van der Waals surface area contributed by atoms with Crippen molar-refractivity contribution in [2.24, 2.45) is 17.8 Å². The fourth-order valence-electron chi connectivity index (χ4n) is 3.90. The summed E-state index contributed by atoms with van der Waals surface area (Å²) in [5, 5.41) is 0. The summed E-state index contributed by atoms with van der Waals surface area (Å²) < 4.78 is 0. The maximum atomic E-state index is 12.6. The summed E-state index contributed by atoms with van der Waals surface area (Å²) in [6, 6.07) is 10.0. The lowest BCUT2D eigenvalue weighted by molar-refractivity contribution is -0.123. The summed E-state index contributed by atoms with van der Waals surface area (Å²) in [7, 11) is 1.92. The van der Waals surface area contributed by atoms with Crippen molar-refractivity contribution in [3.05, 3.63) is 30.3 Å². The van der Waals surface area contributed by atoms with Gasteiger partial charge in [0.05, 0.1) is 0 Å². The smallest absolute Gasteiger partial charge is 0.230 e. The average Bonchev–Trinajstić information content (AvgIpc) is 3.00. The van der Waals surface area contributed by atoms with Gasteiger partial charge in [-0.25, -0.2) is 0 Å². The van der Waals surface area contributed by atoms with Gasteiger partial charge in [-0.1, -0.05) is 31.0 Å². The van der Waals surface area contributed by atoms with Crippen molar-refractivity contribution in [1.82, 2.24) is 0 Å². The normalized spacial score (nSPS) is 30.2. The van der Waals surface area contributed by atoms with E-state index in [4.69, 9.17) is 0 Å². The van der Waals surface area contributed by atoms with Gasteiger partial charge in [-0.05, 0) is 43.2 Å². The molecular weight excluding hydrogens is 222 g/mol. The summed E-state index contributed by atoms with van der Waals surface area (Å²) in [6.07, 6.45) is 6.32. The number of amides is 1.